The van der Waals surface area contributed by atoms with E-state index in [-0.39, 0.29) is 18.5 Å². The molecule has 3 aromatic rings. The van der Waals surface area contributed by atoms with E-state index in [0.29, 0.717) is 20.9 Å². The quantitative estimate of drug-likeness (QED) is 0.482. The predicted octanol–water partition coefficient (Wildman–Crippen LogP) is 5.97. The highest BCUT2D eigenvalue weighted by Gasteiger charge is 2.12. The topological polar surface area (TPSA) is 54.0 Å². The summed E-state index contributed by atoms with van der Waals surface area (Å²) in [5, 5.41) is 9.56. The molecule has 28 heavy (non-hydrogen) atoms. The van der Waals surface area contributed by atoms with Crippen LogP contribution in [0.25, 0.3) is 11.3 Å². The summed E-state index contributed by atoms with van der Waals surface area (Å²) in [5.41, 5.74) is 3.94. The molecule has 7 heteroatoms. The lowest BCUT2D eigenvalue weighted by Crippen LogP contribution is -2.30. The van der Waals surface area contributed by atoms with Crippen molar-refractivity contribution in [1.82, 2.24) is 10.3 Å². The van der Waals surface area contributed by atoms with Crippen LogP contribution >= 0.6 is 34.5 Å². The van der Waals surface area contributed by atoms with E-state index in [4.69, 9.17) is 23.2 Å². The number of nitrogens with zero attached hydrogens (tertiary/aromatic N) is 1. The number of rotatable bonds is 7. The third-order valence-electron chi connectivity index (χ3n) is 4.41. The Morgan fingerprint density at radius 3 is 2.61 bits per heavy atom. The van der Waals surface area contributed by atoms with E-state index in [1.807, 2.05) is 18.4 Å². The van der Waals surface area contributed by atoms with Gasteiger partial charge >= 0.3 is 0 Å². The number of aryl methyl sites for hydroxylation is 1. The van der Waals surface area contributed by atoms with Gasteiger partial charge in [-0.2, -0.15) is 0 Å². The summed E-state index contributed by atoms with van der Waals surface area (Å²) < 4.78 is 0. The first-order valence-electron chi connectivity index (χ1n) is 8.99. The molecule has 146 valence electrons. The van der Waals surface area contributed by atoms with Gasteiger partial charge in [0.1, 0.15) is 0 Å². The summed E-state index contributed by atoms with van der Waals surface area (Å²) in [5.74, 6) is -0.139. The van der Waals surface area contributed by atoms with Gasteiger partial charge in [-0.25, -0.2) is 4.98 Å². The fourth-order valence-corrected chi connectivity index (χ4v) is 3.95. The lowest BCUT2D eigenvalue weighted by atomic mass is 10.1. The molecule has 0 aliphatic heterocycles. The van der Waals surface area contributed by atoms with Crippen molar-refractivity contribution in [2.24, 2.45) is 0 Å². The number of carbonyl (C=O) groups excluding carboxylic acids is 1. The maximum Gasteiger partial charge on any atom is 0.240 e. The van der Waals surface area contributed by atoms with Crippen molar-refractivity contribution < 1.29 is 4.79 Å². The summed E-state index contributed by atoms with van der Waals surface area (Å²) >= 11 is 13.5. The largest absolute Gasteiger partial charge is 0.302 e. The molecule has 2 aromatic carbocycles. The molecule has 0 saturated carbocycles. The molecule has 0 aliphatic rings. The second kappa shape index (κ2) is 9.52. The molecule has 0 spiro atoms. The predicted molar refractivity (Wildman–Crippen MR) is 118 cm³/mol. The molecule has 0 fully saturated rings. The zero-order valence-electron chi connectivity index (χ0n) is 15.6. The molecule has 0 radical (unpaired) electrons. The summed E-state index contributed by atoms with van der Waals surface area (Å²) in [7, 11) is 0. The minimum Gasteiger partial charge on any atom is -0.302 e. The van der Waals surface area contributed by atoms with Crippen LogP contribution in [0.2, 0.25) is 10.0 Å². The van der Waals surface area contributed by atoms with Gasteiger partial charge in [-0.05, 0) is 42.7 Å². The lowest BCUT2D eigenvalue weighted by Gasteiger charge is -2.14. The van der Waals surface area contributed by atoms with Gasteiger partial charge in [-0.15, -0.1) is 11.3 Å². The van der Waals surface area contributed by atoms with Gasteiger partial charge in [-0.3, -0.25) is 4.79 Å². The first-order chi connectivity index (χ1) is 13.5. The maximum absolute atomic E-state index is 12.3. The summed E-state index contributed by atoms with van der Waals surface area (Å²) in [6.45, 7) is 4.37. The van der Waals surface area contributed by atoms with Crippen LogP contribution in [0.15, 0.2) is 47.8 Å². The van der Waals surface area contributed by atoms with Crippen LogP contribution in [0, 0.1) is 0 Å². The Kier molecular flexibility index (Phi) is 7.08. The van der Waals surface area contributed by atoms with Crippen molar-refractivity contribution in [1.29, 1.82) is 0 Å². The summed E-state index contributed by atoms with van der Waals surface area (Å²) in [4.78, 5) is 16.7. The van der Waals surface area contributed by atoms with E-state index in [1.54, 1.807) is 12.1 Å². The Bertz CT molecular complexity index is 957. The van der Waals surface area contributed by atoms with Crippen molar-refractivity contribution >= 4 is 45.6 Å². The van der Waals surface area contributed by atoms with Crippen LogP contribution in [0.3, 0.4) is 0 Å². The second-order valence-corrected chi connectivity index (χ2v) is 8.11. The highest BCUT2D eigenvalue weighted by molar-refractivity contribution is 7.14. The van der Waals surface area contributed by atoms with Crippen LogP contribution in [0.5, 0.6) is 0 Å². The van der Waals surface area contributed by atoms with E-state index in [2.05, 4.69) is 46.8 Å². The fraction of sp³-hybridized carbons (Fsp3) is 0.238. The monoisotopic (exact) mass is 433 g/mol. The van der Waals surface area contributed by atoms with Crippen LogP contribution in [0.1, 0.15) is 31.0 Å². The molecule has 1 heterocycles. The Balaban J connectivity index is 1.55. The molecule has 4 nitrogen and oxygen atoms in total. The third-order valence-corrected chi connectivity index (χ3v) is 5.72. The first kappa shape index (κ1) is 20.8. The van der Waals surface area contributed by atoms with E-state index >= 15 is 0 Å². The van der Waals surface area contributed by atoms with Crippen molar-refractivity contribution in [3.05, 3.63) is 69.0 Å². The molecule has 3 rings (SSSR count). The number of nitrogens with one attached hydrogen (secondary N) is 2. The van der Waals surface area contributed by atoms with Crippen LogP contribution < -0.4 is 10.6 Å². The number of anilines is 1. The number of halogens is 2. The normalized spacial score (nSPS) is 12.0. The van der Waals surface area contributed by atoms with Crippen molar-refractivity contribution in [2.45, 2.75) is 26.3 Å². The molecule has 1 aromatic heterocycles. The van der Waals surface area contributed by atoms with E-state index in [1.165, 1.54) is 16.9 Å². The number of carbonyl (C=O) groups is 1. The van der Waals surface area contributed by atoms with Gasteiger partial charge in [-0.1, -0.05) is 54.4 Å². The number of hydrogen-bond acceptors (Lipinski definition) is 4. The first-order valence-corrected chi connectivity index (χ1v) is 10.6. The fourth-order valence-electron chi connectivity index (χ4n) is 2.72. The SMILES string of the molecule is CCc1ccc([C@@H](C)NCC(=O)Nc2nc(-c3ccc(Cl)cc3Cl)cs2)cc1. The third kappa shape index (κ3) is 5.32. The van der Waals surface area contributed by atoms with Gasteiger partial charge in [0.25, 0.3) is 0 Å². The maximum atomic E-state index is 12.3. The van der Waals surface area contributed by atoms with Crippen molar-refractivity contribution in [2.75, 3.05) is 11.9 Å². The Morgan fingerprint density at radius 1 is 1.18 bits per heavy atom. The minimum absolute atomic E-state index is 0.0800. The zero-order valence-corrected chi connectivity index (χ0v) is 18.0. The average molecular weight is 434 g/mol. The Hall–Kier alpha value is -1.92. The van der Waals surface area contributed by atoms with E-state index < -0.39 is 0 Å². The van der Waals surface area contributed by atoms with Crippen LogP contribution in [0.4, 0.5) is 5.13 Å². The number of hydrogen-bond donors (Lipinski definition) is 2. The Morgan fingerprint density at radius 2 is 1.93 bits per heavy atom. The zero-order chi connectivity index (χ0) is 20.1. The number of amides is 1. The molecule has 1 amide bonds. The van der Waals surface area contributed by atoms with E-state index in [9.17, 15) is 4.79 Å². The van der Waals surface area contributed by atoms with Crippen molar-refractivity contribution in [3.8, 4) is 11.3 Å². The standard InChI is InChI=1S/C21H21Cl2N3OS/c1-3-14-4-6-15(7-5-14)13(2)24-11-20(27)26-21-25-19(12-28-21)17-9-8-16(22)10-18(17)23/h4-10,12-13,24H,3,11H2,1-2H3,(H,25,26,27)/t13-/m1/s1. The molecule has 0 bridgehead atoms. The van der Waals surface area contributed by atoms with E-state index in [0.717, 1.165) is 17.5 Å². The summed E-state index contributed by atoms with van der Waals surface area (Å²) in [6.07, 6.45) is 1.02. The number of benzene rings is 2. The molecule has 0 aliphatic carbocycles. The van der Waals surface area contributed by atoms with Gasteiger partial charge in [0.2, 0.25) is 5.91 Å². The van der Waals surface area contributed by atoms with Gasteiger partial charge in [0.15, 0.2) is 5.13 Å². The number of thiazole rings is 1. The molecule has 1 atom stereocenters. The molecular formula is C21H21Cl2N3OS. The molecule has 0 unspecified atom stereocenters. The molecule has 2 N–H and O–H groups in total. The highest BCUT2D eigenvalue weighted by Crippen LogP contribution is 2.32. The molecular weight excluding hydrogens is 413 g/mol. The summed E-state index contributed by atoms with van der Waals surface area (Å²) in [6, 6.07) is 13.8. The minimum atomic E-state index is -0.139. The average Bonchev–Trinajstić information content (AvgIpc) is 3.14. The van der Waals surface area contributed by atoms with Crippen LogP contribution in [-0.4, -0.2) is 17.4 Å². The van der Waals surface area contributed by atoms with Gasteiger partial charge in [0, 0.05) is 22.0 Å². The highest BCUT2D eigenvalue weighted by atomic mass is 35.5. The van der Waals surface area contributed by atoms with Gasteiger partial charge < -0.3 is 10.6 Å². The number of aromatic nitrogens is 1. The van der Waals surface area contributed by atoms with Gasteiger partial charge in [0.05, 0.1) is 17.3 Å². The van der Waals surface area contributed by atoms with Crippen LogP contribution in [-0.2, 0) is 11.2 Å². The second-order valence-electron chi connectivity index (χ2n) is 6.41. The van der Waals surface area contributed by atoms with Crippen molar-refractivity contribution in [3.63, 3.8) is 0 Å². The smallest absolute Gasteiger partial charge is 0.240 e. The molecule has 0 saturated heterocycles. The Labute approximate surface area is 178 Å². The lowest BCUT2D eigenvalue weighted by molar-refractivity contribution is -0.115.